The summed E-state index contributed by atoms with van der Waals surface area (Å²) in [6, 6.07) is 6.09. The minimum Gasteiger partial charge on any atom is -0.400 e. The van der Waals surface area contributed by atoms with Crippen LogP contribution in [0.5, 0.6) is 0 Å². The van der Waals surface area contributed by atoms with Crippen LogP contribution in [-0.2, 0) is 0 Å². The van der Waals surface area contributed by atoms with Gasteiger partial charge in [0.1, 0.15) is 11.3 Å². The van der Waals surface area contributed by atoms with Crippen molar-refractivity contribution < 1.29 is 9.34 Å². The van der Waals surface area contributed by atoms with Gasteiger partial charge in [-0.1, -0.05) is 0 Å². The fraction of sp³-hybridized carbons (Fsp3) is 0. The second-order valence-corrected chi connectivity index (χ2v) is 3.66. The van der Waals surface area contributed by atoms with Crippen LogP contribution in [0.3, 0.4) is 0 Å². The van der Waals surface area contributed by atoms with Gasteiger partial charge in [-0.3, -0.25) is 15.5 Å². The van der Waals surface area contributed by atoms with Crippen LogP contribution < -0.4 is 5.43 Å². The molecule has 0 fully saturated rings. The number of nitrogens with one attached hydrogen (secondary N) is 1. The third kappa shape index (κ3) is 2.29. The first-order valence-electron chi connectivity index (χ1n) is 5.43. The van der Waals surface area contributed by atoms with Crippen molar-refractivity contribution in [3.8, 4) is 0 Å². The quantitative estimate of drug-likeness (QED) is 0.428. The molecule has 20 heavy (non-hydrogen) atoms. The summed E-state index contributed by atoms with van der Waals surface area (Å²) in [4.78, 5) is 9.82. The van der Waals surface area contributed by atoms with Crippen LogP contribution in [0.25, 0.3) is 5.65 Å². The molecular weight excluding hydrogens is 266 g/mol. The number of hydrogen-bond acceptors (Lipinski definition) is 8. The van der Waals surface area contributed by atoms with Crippen LogP contribution in [0.4, 0.5) is 11.7 Å². The summed E-state index contributed by atoms with van der Waals surface area (Å²) >= 11 is 0. The maximum atomic E-state index is 10.4. The predicted molar refractivity (Wildman–Crippen MR) is 67.4 cm³/mol. The van der Waals surface area contributed by atoms with Crippen molar-refractivity contribution in [2.75, 3.05) is 5.43 Å². The van der Waals surface area contributed by atoms with Crippen molar-refractivity contribution >= 4 is 23.6 Å². The van der Waals surface area contributed by atoms with Crippen LogP contribution in [-0.4, -0.2) is 30.9 Å². The number of hydrazone groups is 1. The summed E-state index contributed by atoms with van der Waals surface area (Å²) in [6.07, 6.45) is 2.77. The first-order chi connectivity index (χ1) is 9.72. The summed E-state index contributed by atoms with van der Waals surface area (Å²) < 4.78 is 6.39. The van der Waals surface area contributed by atoms with E-state index in [1.165, 1.54) is 29.2 Å². The average molecular weight is 273 g/mol. The smallest absolute Gasteiger partial charge is 0.400 e. The Morgan fingerprint density at radius 1 is 1.40 bits per heavy atom. The van der Waals surface area contributed by atoms with Gasteiger partial charge < -0.3 is 4.42 Å². The molecule has 1 N–H and O–H groups in total. The number of nitrogens with zero attached hydrogens (tertiary/aromatic N) is 6. The van der Waals surface area contributed by atoms with Crippen LogP contribution in [0, 0.1) is 10.1 Å². The Bertz CT molecular complexity index is 791. The van der Waals surface area contributed by atoms with Crippen LogP contribution in [0.2, 0.25) is 0 Å². The van der Waals surface area contributed by atoms with Gasteiger partial charge in [0.2, 0.25) is 0 Å². The molecule has 3 rings (SSSR count). The second-order valence-electron chi connectivity index (χ2n) is 3.66. The van der Waals surface area contributed by atoms with E-state index >= 15 is 0 Å². The van der Waals surface area contributed by atoms with Gasteiger partial charge in [0.25, 0.3) is 0 Å². The Morgan fingerprint density at radius 2 is 2.30 bits per heavy atom. The minimum atomic E-state index is -0.619. The highest BCUT2D eigenvalue weighted by Crippen LogP contribution is 2.13. The SMILES string of the molecule is O=[N+]([O-])c1ccc(C=NNc2ccc3nncn3n2)o1. The molecule has 0 spiro atoms. The van der Waals surface area contributed by atoms with Crippen molar-refractivity contribution in [2.45, 2.75) is 0 Å². The Labute approximate surface area is 110 Å². The molecule has 10 heteroatoms. The molecular formula is C10H7N7O3. The molecule has 0 radical (unpaired) electrons. The molecule has 0 amide bonds. The molecule has 3 heterocycles. The Morgan fingerprint density at radius 3 is 3.10 bits per heavy atom. The van der Waals surface area contributed by atoms with Crippen molar-refractivity contribution in [1.29, 1.82) is 0 Å². The average Bonchev–Trinajstić information content (AvgIpc) is 3.06. The monoisotopic (exact) mass is 273 g/mol. The molecule has 3 aromatic heterocycles. The summed E-state index contributed by atoms with van der Waals surface area (Å²) in [7, 11) is 0. The topological polar surface area (TPSA) is 124 Å². The summed E-state index contributed by atoms with van der Waals surface area (Å²) in [6.45, 7) is 0. The largest absolute Gasteiger partial charge is 0.433 e. The Kier molecular flexibility index (Phi) is 2.80. The third-order valence-corrected chi connectivity index (χ3v) is 2.33. The van der Waals surface area contributed by atoms with Gasteiger partial charge in [-0.2, -0.15) is 9.62 Å². The molecule has 0 aromatic carbocycles. The summed E-state index contributed by atoms with van der Waals surface area (Å²) in [5.41, 5.74) is 3.28. The molecule has 0 bridgehead atoms. The van der Waals surface area contributed by atoms with Crippen molar-refractivity contribution in [2.24, 2.45) is 5.10 Å². The number of nitro groups is 1. The van der Waals surface area contributed by atoms with Gasteiger partial charge in [0, 0.05) is 0 Å². The first kappa shape index (κ1) is 11.8. The zero-order chi connectivity index (χ0) is 13.9. The first-order valence-corrected chi connectivity index (χ1v) is 5.43. The van der Waals surface area contributed by atoms with E-state index in [4.69, 9.17) is 4.42 Å². The van der Waals surface area contributed by atoms with E-state index < -0.39 is 4.92 Å². The maximum absolute atomic E-state index is 10.4. The molecule has 0 saturated heterocycles. The second kappa shape index (κ2) is 4.76. The van der Waals surface area contributed by atoms with E-state index in [0.717, 1.165) is 0 Å². The van der Waals surface area contributed by atoms with Gasteiger partial charge in [-0.15, -0.1) is 15.3 Å². The Balaban J connectivity index is 1.71. The fourth-order valence-corrected chi connectivity index (χ4v) is 1.46. The summed E-state index contributed by atoms with van der Waals surface area (Å²) in [5, 5.41) is 25.9. The number of rotatable bonds is 4. The van der Waals surface area contributed by atoms with Gasteiger partial charge in [-0.25, -0.2) is 0 Å². The number of hydrogen-bond donors (Lipinski definition) is 1. The molecule has 0 saturated carbocycles. The van der Waals surface area contributed by atoms with Crippen molar-refractivity contribution in [3.63, 3.8) is 0 Å². The highest BCUT2D eigenvalue weighted by molar-refractivity contribution is 5.76. The number of aromatic nitrogens is 4. The fourth-order valence-electron chi connectivity index (χ4n) is 1.46. The van der Waals surface area contributed by atoms with Crippen molar-refractivity contribution in [1.82, 2.24) is 19.8 Å². The van der Waals surface area contributed by atoms with Crippen LogP contribution in [0.15, 0.2) is 40.1 Å². The molecule has 100 valence electrons. The van der Waals surface area contributed by atoms with Crippen molar-refractivity contribution in [3.05, 3.63) is 46.5 Å². The molecule has 10 nitrogen and oxygen atoms in total. The highest BCUT2D eigenvalue weighted by Gasteiger charge is 2.10. The van der Waals surface area contributed by atoms with Gasteiger partial charge in [0.05, 0.1) is 12.3 Å². The summed E-state index contributed by atoms with van der Waals surface area (Å²) in [5.74, 6) is 0.389. The van der Waals surface area contributed by atoms with Gasteiger partial charge in [-0.05, 0) is 18.2 Å². The minimum absolute atomic E-state index is 0.259. The molecule has 0 aliphatic rings. The van der Waals surface area contributed by atoms with Crippen LogP contribution in [0.1, 0.15) is 5.76 Å². The lowest BCUT2D eigenvalue weighted by molar-refractivity contribution is -0.402. The third-order valence-electron chi connectivity index (χ3n) is 2.33. The van der Waals surface area contributed by atoms with E-state index in [1.54, 1.807) is 12.1 Å². The van der Waals surface area contributed by atoms with Gasteiger partial charge >= 0.3 is 5.88 Å². The normalized spacial score (nSPS) is 11.2. The predicted octanol–water partition coefficient (Wildman–Crippen LogP) is 1.07. The standard InChI is InChI=1S/C10H7N7O3/c18-17(19)10-4-1-7(20-10)5-11-13-8-2-3-9-14-12-6-16(9)15-8/h1-6H,(H,13,15). The zero-order valence-electron chi connectivity index (χ0n) is 9.87. The Hall–Kier alpha value is -3.30. The lowest BCUT2D eigenvalue weighted by Gasteiger charge is -1.98. The van der Waals surface area contributed by atoms with E-state index in [1.807, 2.05) is 0 Å². The number of furan rings is 1. The zero-order valence-corrected chi connectivity index (χ0v) is 9.87. The van der Waals surface area contributed by atoms with E-state index in [-0.39, 0.29) is 11.6 Å². The molecule has 0 aliphatic heterocycles. The lowest BCUT2D eigenvalue weighted by Crippen LogP contribution is -1.97. The number of fused-ring (bicyclic) bond motifs is 1. The molecule has 3 aromatic rings. The van der Waals surface area contributed by atoms with E-state index in [9.17, 15) is 10.1 Å². The molecule has 0 unspecified atom stereocenters. The van der Waals surface area contributed by atoms with E-state index in [2.05, 4.69) is 25.8 Å². The number of anilines is 1. The van der Waals surface area contributed by atoms with Gasteiger partial charge in [0.15, 0.2) is 17.2 Å². The highest BCUT2D eigenvalue weighted by atomic mass is 16.6. The lowest BCUT2D eigenvalue weighted by atomic mass is 10.5. The maximum Gasteiger partial charge on any atom is 0.433 e. The molecule has 0 aliphatic carbocycles. The molecule has 0 atom stereocenters. The van der Waals surface area contributed by atoms with E-state index in [0.29, 0.717) is 11.5 Å². The van der Waals surface area contributed by atoms with Crippen LogP contribution >= 0.6 is 0 Å².